The molecule has 0 aromatic rings. The Kier molecular flexibility index (Phi) is 5.14. The minimum Gasteiger partial charge on any atom is -0.466 e. The van der Waals surface area contributed by atoms with Gasteiger partial charge in [0.05, 0.1) is 24.6 Å². The maximum atomic E-state index is 11.8. The minimum atomic E-state index is -0.621. The van der Waals surface area contributed by atoms with Crippen LogP contribution in [0.15, 0.2) is 11.6 Å². The van der Waals surface area contributed by atoms with Crippen molar-refractivity contribution >= 4 is 12.1 Å². The number of carbonyl (C=O) groups excluding carboxylic acids is 2. The van der Waals surface area contributed by atoms with Gasteiger partial charge in [0, 0.05) is 5.57 Å². The van der Waals surface area contributed by atoms with Gasteiger partial charge in [-0.3, -0.25) is 4.79 Å². The highest BCUT2D eigenvalue weighted by molar-refractivity contribution is 5.77. The molecule has 0 bridgehead atoms. The van der Waals surface area contributed by atoms with Crippen molar-refractivity contribution < 1.29 is 19.1 Å². The number of esters is 1. The Balaban J connectivity index is 2.73. The van der Waals surface area contributed by atoms with Crippen LogP contribution in [0.5, 0.6) is 0 Å². The van der Waals surface area contributed by atoms with Gasteiger partial charge in [-0.15, -0.1) is 0 Å². The number of hydrogen-bond donors (Lipinski definition) is 1. The minimum absolute atomic E-state index is 0.260. The molecule has 0 saturated heterocycles. The Labute approximate surface area is 118 Å². The molecule has 6 nitrogen and oxygen atoms in total. The molecule has 0 radical (unpaired) electrons. The number of nitrogens with one attached hydrogen (secondary N) is 1. The zero-order chi connectivity index (χ0) is 15.3. The van der Waals surface area contributed by atoms with E-state index in [1.54, 1.807) is 33.8 Å². The zero-order valence-electron chi connectivity index (χ0n) is 12.2. The molecule has 0 aromatic heterocycles. The average molecular weight is 280 g/mol. The molecule has 6 heteroatoms. The van der Waals surface area contributed by atoms with E-state index in [0.717, 1.165) is 0 Å². The van der Waals surface area contributed by atoms with Crippen molar-refractivity contribution in [3.05, 3.63) is 11.6 Å². The van der Waals surface area contributed by atoms with Gasteiger partial charge in [0.25, 0.3) is 0 Å². The van der Waals surface area contributed by atoms with Gasteiger partial charge in [-0.1, -0.05) is 0 Å². The fourth-order valence-electron chi connectivity index (χ4n) is 1.91. The van der Waals surface area contributed by atoms with Crippen LogP contribution in [0, 0.1) is 17.2 Å². The molecule has 20 heavy (non-hydrogen) atoms. The lowest BCUT2D eigenvalue weighted by Gasteiger charge is -2.23. The molecule has 0 unspecified atom stereocenters. The largest absolute Gasteiger partial charge is 0.466 e. The van der Waals surface area contributed by atoms with Crippen LogP contribution in [0.25, 0.3) is 0 Å². The number of nitriles is 1. The normalized spacial score (nSPS) is 21.6. The maximum absolute atomic E-state index is 11.8. The quantitative estimate of drug-likeness (QED) is 0.798. The van der Waals surface area contributed by atoms with E-state index in [1.165, 1.54) is 0 Å². The van der Waals surface area contributed by atoms with Gasteiger partial charge in [0.15, 0.2) is 0 Å². The third-order valence-corrected chi connectivity index (χ3v) is 2.67. The van der Waals surface area contributed by atoms with Gasteiger partial charge in [-0.2, -0.15) is 5.26 Å². The number of amides is 1. The number of carbonyl (C=O) groups is 2. The van der Waals surface area contributed by atoms with E-state index in [4.69, 9.17) is 14.7 Å². The van der Waals surface area contributed by atoms with Crippen LogP contribution in [0.1, 0.15) is 34.1 Å². The van der Waals surface area contributed by atoms with Crippen LogP contribution in [0.4, 0.5) is 4.79 Å². The number of alkyl carbamates (subject to hydrolysis) is 1. The van der Waals surface area contributed by atoms with Gasteiger partial charge in [-0.05, 0) is 40.2 Å². The first-order valence-electron chi connectivity index (χ1n) is 6.53. The highest BCUT2D eigenvalue weighted by Gasteiger charge is 2.36. The number of nitrogens with zero attached hydrogens (tertiary/aromatic N) is 1. The van der Waals surface area contributed by atoms with Gasteiger partial charge in [-0.25, -0.2) is 4.79 Å². The Morgan fingerprint density at radius 3 is 2.65 bits per heavy atom. The summed E-state index contributed by atoms with van der Waals surface area (Å²) in [5.74, 6) is -0.993. The molecular weight excluding hydrogens is 260 g/mol. The molecule has 0 spiro atoms. The van der Waals surface area contributed by atoms with Gasteiger partial charge < -0.3 is 14.8 Å². The molecule has 0 saturated carbocycles. The predicted molar refractivity (Wildman–Crippen MR) is 71.6 cm³/mol. The predicted octanol–water partition coefficient (Wildman–Crippen LogP) is 1.91. The molecule has 1 aliphatic rings. The summed E-state index contributed by atoms with van der Waals surface area (Å²) in [5, 5.41) is 11.5. The molecule has 110 valence electrons. The fourth-order valence-corrected chi connectivity index (χ4v) is 1.91. The van der Waals surface area contributed by atoms with Crippen molar-refractivity contribution in [1.82, 2.24) is 5.32 Å². The van der Waals surface area contributed by atoms with Crippen LogP contribution >= 0.6 is 0 Å². The maximum Gasteiger partial charge on any atom is 0.408 e. The van der Waals surface area contributed by atoms with Gasteiger partial charge in [0.2, 0.25) is 0 Å². The Bertz CT molecular complexity index is 457. The Hall–Kier alpha value is -2.03. The van der Waals surface area contributed by atoms with Gasteiger partial charge >= 0.3 is 12.1 Å². The second-order valence-corrected chi connectivity index (χ2v) is 5.54. The average Bonchev–Trinajstić information content (AvgIpc) is 2.69. The van der Waals surface area contributed by atoms with E-state index in [-0.39, 0.29) is 13.0 Å². The molecule has 1 N–H and O–H groups in total. The van der Waals surface area contributed by atoms with Crippen LogP contribution in [-0.4, -0.2) is 30.3 Å². The van der Waals surface area contributed by atoms with E-state index < -0.39 is 29.6 Å². The third kappa shape index (κ3) is 4.57. The number of ether oxygens (including phenoxy) is 2. The molecule has 2 atom stereocenters. The molecule has 0 aromatic carbocycles. The van der Waals surface area contributed by atoms with Crippen LogP contribution in [-0.2, 0) is 14.3 Å². The topological polar surface area (TPSA) is 88.4 Å². The summed E-state index contributed by atoms with van der Waals surface area (Å²) in [6, 6.07) is 1.43. The highest BCUT2D eigenvalue weighted by Crippen LogP contribution is 2.26. The number of hydrogen-bond acceptors (Lipinski definition) is 5. The fraction of sp³-hybridized carbons (Fsp3) is 0.643. The lowest BCUT2D eigenvalue weighted by atomic mass is 10.0. The third-order valence-electron chi connectivity index (χ3n) is 2.67. The van der Waals surface area contributed by atoms with Crippen LogP contribution in [0.2, 0.25) is 0 Å². The summed E-state index contributed by atoms with van der Waals surface area (Å²) in [4.78, 5) is 23.6. The van der Waals surface area contributed by atoms with Crippen LogP contribution in [0.3, 0.4) is 0 Å². The van der Waals surface area contributed by atoms with E-state index in [0.29, 0.717) is 5.57 Å². The summed E-state index contributed by atoms with van der Waals surface area (Å²) in [6.45, 7) is 7.22. The lowest BCUT2D eigenvalue weighted by Crippen LogP contribution is -2.43. The second kappa shape index (κ2) is 6.42. The van der Waals surface area contributed by atoms with Crippen molar-refractivity contribution in [1.29, 1.82) is 5.26 Å². The van der Waals surface area contributed by atoms with Crippen molar-refractivity contribution in [3.63, 3.8) is 0 Å². The molecule has 0 fully saturated rings. The highest BCUT2D eigenvalue weighted by atomic mass is 16.6. The molecule has 1 aliphatic carbocycles. The summed E-state index contributed by atoms with van der Waals surface area (Å²) in [7, 11) is 0. The molecule has 0 aliphatic heterocycles. The van der Waals surface area contributed by atoms with Crippen molar-refractivity contribution in [2.45, 2.75) is 45.8 Å². The molecule has 1 amide bonds. The molecule has 0 heterocycles. The summed E-state index contributed by atoms with van der Waals surface area (Å²) in [6.07, 6.45) is 1.23. The first-order valence-corrected chi connectivity index (χ1v) is 6.53. The number of rotatable bonds is 3. The summed E-state index contributed by atoms with van der Waals surface area (Å²) < 4.78 is 10.1. The standard InChI is InChI=1S/C14H20N2O4/c1-5-19-12(17)10-6-9(8-15)7-11(10)16-13(18)20-14(2,3)4/h7,10-11H,5-6H2,1-4H3,(H,16,18)/t10-,11-/m1/s1. The van der Waals surface area contributed by atoms with E-state index in [2.05, 4.69) is 5.32 Å². The summed E-state index contributed by atoms with van der Waals surface area (Å²) >= 11 is 0. The van der Waals surface area contributed by atoms with Crippen molar-refractivity contribution in [2.75, 3.05) is 6.61 Å². The van der Waals surface area contributed by atoms with E-state index in [9.17, 15) is 9.59 Å². The molecular formula is C14H20N2O4. The monoisotopic (exact) mass is 280 g/mol. The first kappa shape index (κ1) is 16.0. The van der Waals surface area contributed by atoms with E-state index in [1.807, 2.05) is 6.07 Å². The second-order valence-electron chi connectivity index (χ2n) is 5.54. The van der Waals surface area contributed by atoms with E-state index >= 15 is 0 Å². The molecule has 1 rings (SSSR count). The van der Waals surface area contributed by atoms with Crippen LogP contribution < -0.4 is 5.32 Å². The SMILES string of the molecule is CCOC(=O)[C@@H]1CC(C#N)=C[C@H]1NC(=O)OC(C)(C)C. The Morgan fingerprint density at radius 1 is 1.50 bits per heavy atom. The number of allylic oxidation sites excluding steroid dienone is 1. The Morgan fingerprint density at radius 2 is 2.15 bits per heavy atom. The summed E-state index contributed by atoms with van der Waals surface area (Å²) in [5.41, 5.74) is -0.159. The lowest BCUT2D eigenvalue weighted by molar-refractivity contribution is -0.148. The van der Waals surface area contributed by atoms with Gasteiger partial charge in [0.1, 0.15) is 5.60 Å². The zero-order valence-corrected chi connectivity index (χ0v) is 12.2. The van der Waals surface area contributed by atoms with Crippen molar-refractivity contribution in [2.24, 2.45) is 5.92 Å². The van der Waals surface area contributed by atoms with Crippen molar-refractivity contribution in [3.8, 4) is 6.07 Å². The smallest absolute Gasteiger partial charge is 0.408 e. The first-order chi connectivity index (χ1) is 9.26.